The van der Waals surface area contributed by atoms with E-state index in [1.165, 1.54) is 5.56 Å². The fourth-order valence-electron chi connectivity index (χ4n) is 0.960. The Kier molecular flexibility index (Phi) is 9.90. The van der Waals surface area contributed by atoms with Crippen LogP contribution in [0.15, 0.2) is 49.1 Å². The Bertz CT molecular complexity index is 345. The van der Waals surface area contributed by atoms with Crippen molar-refractivity contribution in [3.63, 3.8) is 0 Å². The Morgan fingerprint density at radius 2 is 1.29 bits per heavy atom. The van der Waals surface area contributed by atoms with Crippen molar-refractivity contribution in [3.05, 3.63) is 60.2 Å². The minimum atomic E-state index is 0. The summed E-state index contributed by atoms with van der Waals surface area (Å²) < 4.78 is 0. The van der Waals surface area contributed by atoms with Gasteiger partial charge in [-0.05, 0) is 35.4 Å². The SMILES string of the molecule is Br.BrCc1ccncc1.OCc1ccncc1. The van der Waals surface area contributed by atoms with E-state index in [-0.39, 0.29) is 23.6 Å². The van der Waals surface area contributed by atoms with Crippen molar-refractivity contribution >= 4 is 32.9 Å². The molecule has 2 aromatic rings. The summed E-state index contributed by atoms with van der Waals surface area (Å²) in [6.07, 6.45) is 6.89. The summed E-state index contributed by atoms with van der Waals surface area (Å²) in [7, 11) is 0. The van der Waals surface area contributed by atoms with Crippen LogP contribution >= 0.6 is 32.9 Å². The summed E-state index contributed by atoms with van der Waals surface area (Å²) in [5.41, 5.74) is 2.17. The van der Waals surface area contributed by atoms with E-state index in [0.29, 0.717) is 0 Å². The first-order valence-electron chi connectivity index (χ1n) is 4.81. The maximum Gasteiger partial charge on any atom is 0.0682 e. The smallest absolute Gasteiger partial charge is 0.0682 e. The number of aliphatic hydroxyl groups excluding tert-OH is 1. The number of aromatic nitrogens is 2. The Balaban J connectivity index is 0.000000284. The summed E-state index contributed by atoms with van der Waals surface area (Å²) in [4.78, 5) is 7.65. The first kappa shape index (κ1) is 16.2. The van der Waals surface area contributed by atoms with E-state index in [9.17, 15) is 0 Å². The molecule has 2 aromatic heterocycles. The van der Waals surface area contributed by atoms with Crippen molar-refractivity contribution in [2.75, 3.05) is 0 Å². The van der Waals surface area contributed by atoms with Crippen LogP contribution in [0, 0.1) is 0 Å². The van der Waals surface area contributed by atoms with Gasteiger partial charge in [0.05, 0.1) is 6.61 Å². The lowest BCUT2D eigenvalue weighted by Crippen LogP contribution is -1.80. The Labute approximate surface area is 120 Å². The van der Waals surface area contributed by atoms with Crippen LogP contribution in [0.4, 0.5) is 0 Å². The molecule has 0 bridgehead atoms. The Hall–Kier alpha value is -0.780. The van der Waals surface area contributed by atoms with E-state index < -0.39 is 0 Å². The first-order chi connectivity index (χ1) is 7.86. The van der Waals surface area contributed by atoms with Crippen LogP contribution in [0.1, 0.15) is 11.1 Å². The van der Waals surface area contributed by atoms with Gasteiger partial charge in [-0.15, -0.1) is 17.0 Å². The van der Waals surface area contributed by atoms with Crippen molar-refractivity contribution in [3.8, 4) is 0 Å². The third-order valence-corrected chi connectivity index (χ3v) is 2.48. The summed E-state index contributed by atoms with van der Waals surface area (Å²) >= 11 is 3.33. The normalized spacial score (nSPS) is 8.59. The first-order valence-corrected chi connectivity index (χ1v) is 5.93. The number of hydrogen-bond donors (Lipinski definition) is 1. The lowest BCUT2D eigenvalue weighted by Gasteiger charge is -1.88. The van der Waals surface area contributed by atoms with Gasteiger partial charge in [-0.1, -0.05) is 15.9 Å². The number of aliphatic hydroxyl groups is 1. The maximum absolute atomic E-state index is 8.51. The number of halogens is 2. The molecule has 0 fully saturated rings. The molecule has 0 radical (unpaired) electrons. The van der Waals surface area contributed by atoms with Crippen molar-refractivity contribution in [1.29, 1.82) is 0 Å². The zero-order chi connectivity index (χ0) is 11.6. The molecule has 1 N–H and O–H groups in total. The molecule has 92 valence electrons. The third-order valence-electron chi connectivity index (χ3n) is 1.84. The van der Waals surface area contributed by atoms with Crippen molar-refractivity contribution in [2.45, 2.75) is 11.9 Å². The summed E-state index contributed by atoms with van der Waals surface area (Å²) in [6, 6.07) is 7.52. The molecule has 0 unspecified atom stereocenters. The second-order valence-corrected chi connectivity index (χ2v) is 3.56. The van der Waals surface area contributed by atoms with E-state index >= 15 is 0 Å². The highest BCUT2D eigenvalue weighted by molar-refractivity contribution is 9.08. The van der Waals surface area contributed by atoms with Crippen molar-refractivity contribution in [2.24, 2.45) is 0 Å². The second kappa shape index (κ2) is 10.4. The standard InChI is InChI=1S/C6H6BrN.C6H7NO.BrH/c7-5-6-1-3-8-4-2-6;8-5-6-1-3-7-4-2-6;/h1-4H,5H2;1-4,8H,5H2;1H. The van der Waals surface area contributed by atoms with Gasteiger partial charge in [-0.3, -0.25) is 9.97 Å². The van der Waals surface area contributed by atoms with Gasteiger partial charge in [-0.25, -0.2) is 0 Å². The molecule has 17 heavy (non-hydrogen) atoms. The molecular formula is C12H14Br2N2O. The zero-order valence-electron chi connectivity index (χ0n) is 9.16. The largest absolute Gasteiger partial charge is 0.392 e. The molecule has 5 heteroatoms. The molecule has 0 aliphatic heterocycles. The van der Waals surface area contributed by atoms with E-state index in [2.05, 4.69) is 25.9 Å². The van der Waals surface area contributed by atoms with E-state index in [1.807, 2.05) is 12.1 Å². The number of pyridine rings is 2. The van der Waals surface area contributed by atoms with Crippen LogP contribution in [0.5, 0.6) is 0 Å². The monoisotopic (exact) mass is 360 g/mol. The third kappa shape index (κ3) is 7.20. The van der Waals surface area contributed by atoms with Crippen LogP contribution < -0.4 is 0 Å². The lowest BCUT2D eigenvalue weighted by atomic mass is 10.3. The van der Waals surface area contributed by atoms with Gasteiger partial charge in [0.1, 0.15) is 0 Å². The molecular weight excluding hydrogens is 348 g/mol. The van der Waals surface area contributed by atoms with Crippen LogP contribution in [0.3, 0.4) is 0 Å². The number of nitrogens with zero attached hydrogens (tertiary/aromatic N) is 2. The summed E-state index contributed by atoms with van der Waals surface area (Å²) in [6.45, 7) is 0.0997. The van der Waals surface area contributed by atoms with Crippen LogP contribution in [-0.2, 0) is 11.9 Å². The van der Waals surface area contributed by atoms with Gasteiger partial charge in [-0.2, -0.15) is 0 Å². The molecule has 0 saturated heterocycles. The van der Waals surface area contributed by atoms with Crippen LogP contribution in [-0.4, -0.2) is 15.1 Å². The molecule has 0 saturated carbocycles. The molecule has 2 rings (SSSR count). The molecule has 0 spiro atoms. The topological polar surface area (TPSA) is 46.0 Å². The van der Waals surface area contributed by atoms with Gasteiger partial charge >= 0.3 is 0 Å². The van der Waals surface area contributed by atoms with Crippen molar-refractivity contribution < 1.29 is 5.11 Å². The molecule has 0 atom stereocenters. The quantitative estimate of drug-likeness (QED) is 0.836. The fraction of sp³-hybridized carbons (Fsp3) is 0.167. The van der Waals surface area contributed by atoms with Crippen LogP contribution in [0.25, 0.3) is 0 Å². The van der Waals surface area contributed by atoms with Gasteiger partial charge in [0.25, 0.3) is 0 Å². The Morgan fingerprint density at radius 3 is 1.53 bits per heavy atom. The number of hydrogen-bond acceptors (Lipinski definition) is 3. The van der Waals surface area contributed by atoms with Gasteiger partial charge in [0.2, 0.25) is 0 Å². The van der Waals surface area contributed by atoms with Gasteiger partial charge in [0, 0.05) is 30.1 Å². The molecule has 0 amide bonds. The highest BCUT2D eigenvalue weighted by atomic mass is 79.9. The Morgan fingerprint density at radius 1 is 0.882 bits per heavy atom. The molecule has 0 aliphatic carbocycles. The fourth-order valence-corrected chi connectivity index (χ4v) is 1.33. The average molecular weight is 362 g/mol. The zero-order valence-corrected chi connectivity index (χ0v) is 12.5. The maximum atomic E-state index is 8.51. The molecule has 3 nitrogen and oxygen atoms in total. The highest BCUT2D eigenvalue weighted by Crippen LogP contribution is 2.00. The average Bonchev–Trinajstić information content (AvgIpc) is 2.41. The number of rotatable bonds is 2. The summed E-state index contributed by atoms with van der Waals surface area (Å²) in [5, 5.41) is 9.42. The molecule has 2 heterocycles. The van der Waals surface area contributed by atoms with E-state index in [1.54, 1.807) is 36.9 Å². The second-order valence-electron chi connectivity index (χ2n) is 3.00. The highest BCUT2D eigenvalue weighted by Gasteiger charge is 1.82. The summed E-state index contributed by atoms with van der Waals surface area (Å²) in [5.74, 6) is 0. The van der Waals surface area contributed by atoms with Crippen molar-refractivity contribution in [1.82, 2.24) is 9.97 Å². The van der Waals surface area contributed by atoms with Gasteiger partial charge < -0.3 is 5.11 Å². The lowest BCUT2D eigenvalue weighted by molar-refractivity contribution is 0.281. The minimum Gasteiger partial charge on any atom is -0.392 e. The minimum absolute atomic E-state index is 0. The van der Waals surface area contributed by atoms with E-state index in [4.69, 9.17) is 5.11 Å². The van der Waals surface area contributed by atoms with Gasteiger partial charge in [0.15, 0.2) is 0 Å². The predicted molar refractivity (Wildman–Crippen MR) is 77.3 cm³/mol. The van der Waals surface area contributed by atoms with Crippen LogP contribution in [0.2, 0.25) is 0 Å². The number of alkyl halides is 1. The predicted octanol–water partition coefficient (Wildman–Crippen LogP) is 3.13. The molecule has 0 aliphatic rings. The van der Waals surface area contributed by atoms with E-state index in [0.717, 1.165) is 10.9 Å². The molecule has 0 aromatic carbocycles.